The van der Waals surface area contributed by atoms with Crippen molar-refractivity contribution in [2.45, 2.75) is 0 Å². The molecule has 1 aromatic carbocycles. The van der Waals surface area contributed by atoms with Crippen LogP contribution in [-0.4, -0.2) is 12.6 Å². The van der Waals surface area contributed by atoms with Gasteiger partial charge in [0.2, 0.25) is 0 Å². The topological polar surface area (TPSA) is 35.5 Å². The first-order chi connectivity index (χ1) is 5.75. The van der Waals surface area contributed by atoms with Crippen molar-refractivity contribution in [3.05, 3.63) is 22.7 Å². The van der Waals surface area contributed by atoms with Gasteiger partial charge in [0.25, 0.3) is 0 Å². The van der Waals surface area contributed by atoms with Gasteiger partial charge in [-0.2, -0.15) is 0 Å². The van der Waals surface area contributed by atoms with Crippen LogP contribution in [0.2, 0.25) is 0 Å². The van der Waals surface area contributed by atoms with Crippen LogP contribution >= 0.6 is 15.9 Å². The fourth-order valence-corrected chi connectivity index (χ4v) is 1.31. The fraction of sp³-hybridized carbons (Fsp3) is 0.125. The predicted molar refractivity (Wildman–Crippen MR) is 45.3 cm³/mol. The van der Waals surface area contributed by atoms with Gasteiger partial charge in [0, 0.05) is 4.47 Å². The van der Waals surface area contributed by atoms with Crippen LogP contribution in [-0.2, 0) is 4.79 Å². The molecule has 0 fully saturated rings. The maximum atomic E-state index is 10.8. The molecule has 0 aromatic heterocycles. The van der Waals surface area contributed by atoms with Gasteiger partial charge < -0.3 is 9.47 Å². The van der Waals surface area contributed by atoms with E-state index in [2.05, 4.69) is 15.9 Å². The third-order valence-electron chi connectivity index (χ3n) is 1.48. The summed E-state index contributed by atoms with van der Waals surface area (Å²) in [7, 11) is 0. The van der Waals surface area contributed by atoms with Gasteiger partial charge in [-0.25, -0.2) is 4.79 Å². The number of fused-ring (bicyclic) bond motifs is 1. The molecule has 0 radical (unpaired) electrons. The zero-order chi connectivity index (χ0) is 8.55. The van der Waals surface area contributed by atoms with Crippen LogP contribution in [0.3, 0.4) is 0 Å². The summed E-state index contributed by atoms with van der Waals surface area (Å²) in [5, 5.41) is 0. The smallest absolute Gasteiger partial charge is 0.349 e. The fourth-order valence-electron chi connectivity index (χ4n) is 0.970. The maximum absolute atomic E-state index is 10.8. The molecule has 0 N–H and O–H groups in total. The van der Waals surface area contributed by atoms with E-state index in [1.165, 1.54) is 0 Å². The Bertz CT molecular complexity index is 335. The molecular formula is C8H5BrO3. The van der Waals surface area contributed by atoms with Crippen molar-refractivity contribution in [2.75, 3.05) is 6.61 Å². The van der Waals surface area contributed by atoms with Gasteiger partial charge in [-0.1, -0.05) is 15.9 Å². The molecule has 0 unspecified atom stereocenters. The highest BCUT2D eigenvalue weighted by Crippen LogP contribution is 2.32. The molecule has 4 heteroatoms. The van der Waals surface area contributed by atoms with Crippen LogP contribution in [0, 0.1) is 0 Å². The minimum absolute atomic E-state index is 0.00533. The summed E-state index contributed by atoms with van der Waals surface area (Å²) in [6.07, 6.45) is 0. The quantitative estimate of drug-likeness (QED) is 0.502. The average molecular weight is 229 g/mol. The van der Waals surface area contributed by atoms with Crippen molar-refractivity contribution in [2.24, 2.45) is 0 Å². The van der Waals surface area contributed by atoms with Crippen LogP contribution < -0.4 is 9.47 Å². The molecule has 1 aliphatic heterocycles. The van der Waals surface area contributed by atoms with Crippen molar-refractivity contribution >= 4 is 21.9 Å². The molecule has 0 spiro atoms. The van der Waals surface area contributed by atoms with E-state index in [0.29, 0.717) is 11.5 Å². The normalized spacial score (nSPS) is 14.6. The van der Waals surface area contributed by atoms with Gasteiger partial charge in [-0.05, 0) is 18.2 Å². The first-order valence-corrected chi connectivity index (χ1v) is 4.18. The molecule has 3 nitrogen and oxygen atoms in total. The van der Waals surface area contributed by atoms with E-state index in [1.807, 2.05) is 6.07 Å². The Hall–Kier alpha value is -1.03. The summed E-state index contributed by atoms with van der Waals surface area (Å²) >= 11 is 3.26. The summed E-state index contributed by atoms with van der Waals surface area (Å²) in [4.78, 5) is 10.8. The lowest BCUT2D eigenvalue weighted by Gasteiger charge is -2.16. The number of halogens is 1. The molecule has 0 amide bonds. The molecule has 1 heterocycles. The molecule has 0 aliphatic carbocycles. The highest BCUT2D eigenvalue weighted by molar-refractivity contribution is 9.10. The van der Waals surface area contributed by atoms with E-state index in [4.69, 9.17) is 9.47 Å². The number of benzene rings is 1. The molecule has 62 valence electrons. The van der Waals surface area contributed by atoms with Crippen molar-refractivity contribution in [3.8, 4) is 11.5 Å². The highest BCUT2D eigenvalue weighted by Gasteiger charge is 2.17. The first kappa shape index (κ1) is 7.61. The summed E-state index contributed by atoms with van der Waals surface area (Å²) in [5.74, 6) is 0.721. The highest BCUT2D eigenvalue weighted by atomic mass is 79.9. The summed E-state index contributed by atoms with van der Waals surface area (Å²) in [6, 6.07) is 5.29. The molecule has 0 atom stereocenters. The second-order valence-electron chi connectivity index (χ2n) is 2.35. The number of ether oxygens (including phenoxy) is 2. The molecule has 0 saturated heterocycles. The third kappa shape index (κ3) is 1.30. The molecule has 1 aliphatic rings. The van der Waals surface area contributed by atoms with Crippen LogP contribution in [0.5, 0.6) is 11.5 Å². The van der Waals surface area contributed by atoms with Gasteiger partial charge in [0.05, 0.1) is 0 Å². The van der Waals surface area contributed by atoms with Gasteiger partial charge in [-0.3, -0.25) is 0 Å². The Labute approximate surface area is 77.4 Å². The molecule has 0 saturated carbocycles. The minimum Gasteiger partial charge on any atom is -0.478 e. The van der Waals surface area contributed by atoms with Crippen LogP contribution in [0.25, 0.3) is 0 Å². The van der Waals surface area contributed by atoms with Gasteiger partial charge in [-0.15, -0.1) is 0 Å². The summed E-state index contributed by atoms with van der Waals surface area (Å²) < 4.78 is 10.9. The Morgan fingerprint density at radius 1 is 1.33 bits per heavy atom. The standard InChI is InChI=1S/C8H5BrO3/c9-5-1-2-6-7(3-5)12-8(10)4-11-6/h1-3H,4H2. The number of hydrogen-bond acceptors (Lipinski definition) is 3. The van der Waals surface area contributed by atoms with Crippen LogP contribution in [0.1, 0.15) is 0 Å². The van der Waals surface area contributed by atoms with Gasteiger partial charge in [0.1, 0.15) is 0 Å². The van der Waals surface area contributed by atoms with E-state index in [1.54, 1.807) is 12.1 Å². The molecule has 1 aromatic rings. The van der Waals surface area contributed by atoms with Crippen molar-refractivity contribution in [1.29, 1.82) is 0 Å². The van der Waals surface area contributed by atoms with Crippen molar-refractivity contribution < 1.29 is 14.3 Å². The first-order valence-electron chi connectivity index (χ1n) is 3.39. The molecule has 0 bridgehead atoms. The molecule has 12 heavy (non-hydrogen) atoms. The Morgan fingerprint density at radius 3 is 3.00 bits per heavy atom. The SMILES string of the molecule is O=C1COc2ccc(Br)cc2O1. The lowest BCUT2D eigenvalue weighted by Crippen LogP contribution is -2.22. The largest absolute Gasteiger partial charge is 0.478 e. The monoisotopic (exact) mass is 228 g/mol. The second kappa shape index (κ2) is 2.79. The molecular weight excluding hydrogens is 224 g/mol. The zero-order valence-corrected chi connectivity index (χ0v) is 7.63. The third-order valence-corrected chi connectivity index (χ3v) is 1.97. The number of carbonyl (C=O) groups excluding carboxylic acids is 1. The number of hydrogen-bond donors (Lipinski definition) is 0. The lowest BCUT2D eigenvalue weighted by molar-refractivity contribution is -0.138. The Morgan fingerprint density at radius 2 is 2.17 bits per heavy atom. The van der Waals surface area contributed by atoms with E-state index >= 15 is 0 Å². The van der Waals surface area contributed by atoms with Crippen molar-refractivity contribution in [3.63, 3.8) is 0 Å². The van der Waals surface area contributed by atoms with Gasteiger partial charge >= 0.3 is 5.97 Å². The van der Waals surface area contributed by atoms with Crippen LogP contribution in [0.4, 0.5) is 0 Å². The van der Waals surface area contributed by atoms with E-state index < -0.39 is 0 Å². The summed E-state index contributed by atoms with van der Waals surface area (Å²) in [6.45, 7) is -0.00533. The van der Waals surface area contributed by atoms with Gasteiger partial charge in [0.15, 0.2) is 18.1 Å². The van der Waals surface area contributed by atoms with E-state index in [9.17, 15) is 4.79 Å². The number of carbonyl (C=O) groups is 1. The average Bonchev–Trinajstić information content (AvgIpc) is 2.03. The zero-order valence-electron chi connectivity index (χ0n) is 6.04. The second-order valence-corrected chi connectivity index (χ2v) is 3.27. The molecule has 2 rings (SSSR count). The van der Waals surface area contributed by atoms with Crippen LogP contribution in [0.15, 0.2) is 22.7 Å². The predicted octanol–water partition coefficient (Wildman–Crippen LogP) is 1.75. The van der Waals surface area contributed by atoms with E-state index in [0.717, 1.165) is 4.47 Å². The maximum Gasteiger partial charge on any atom is 0.349 e. The lowest BCUT2D eigenvalue weighted by atomic mass is 10.3. The Kier molecular flexibility index (Phi) is 1.77. The minimum atomic E-state index is -0.361. The summed E-state index contributed by atoms with van der Waals surface area (Å²) in [5.41, 5.74) is 0. The van der Waals surface area contributed by atoms with Crippen molar-refractivity contribution in [1.82, 2.24) is 0 Å². The van der Waals surface area contributed by atoms with E-state index in [-0.39, 0.29) is 12.6 Å². The Balaban J connectivity index is 2.44. The number of esters is 1. The number of rotatable bonds is 0.